The number of rotatable bonds is 6. The molecule has 2 aromatic heterocycles. The molecule has 1 N–H and O–H groups in total. The fourth-order valence-electron chi connectivity index (χ4n) is 3.40. The fourth-order valence-corrected chi connectivity index (χ4v) is 3.40. The molecule has 0 unspecified atom stereocenters. The van der Waals surface area contributed by atoms with Crippen LogP contribution in [-0.4, -0.2) is 25.8 Å². The van der Waals surface area contributed by atoms with Gasteiger partial charge in [0.05, 0.1) is 17.1 Å². The van der Waals surface area contributed by atoms with Gasteiger partial charge in [-0.05, 0) is 35.4 Å². The summed E-state index contributed by atoms with van der Waals surface area (Å²) in [5.41, 5.74) is 1.83. The zero-order chi connectivity index (χ0) is 23.8. The second kappa shape index (κ2) is 13.1. The third-order valence-corrected chi connectivity index (χ3v) is 4.84. The Bertz CT molecular complexity index is 1250. The Kier molecular flexibility index (Phi) is 10.5. The van der Waals surface area contributed by atoms with Crippen molar-refractivity contribution in [1.29, 1.82) is 0 Å². The number of aliphatic hydroxyl groups is 1. The number of carbonyl (C=O) groups is 1. The van der Waals surface area contributed by atoms with Crippen LogP contribution >= 0.6 is 0 Å². The molecule has 179 valence electrons. The Balaban J connectivity index is 0.000000258. The third-order valence-electron chi connectivity index (χ3n) is 4.84. The van der Waals surface area contributed by atoms with Crippen molar-refractivity contribution in [3.63, 3.8) is 0 Å². The topological polar surface area (TPSA) is 76.0 Å². The molecule has 0 aliphatic heterocycles. The first kappa shape index (κ1) is 27.3. The Hall–Kier alpha value is -2.95. The largest absolute Gasteiger partial charge is 0.512 e. The van der Waals surface area contributed by atoms with Gasteiger partial charge in [0.2, 0.25) is 0 Å². The molecule has 2 heterocycles. The van der Waals surface area contributed by atoms with Crippen LogP contribution in [0.15, 0.2) is 72.9 Å². The minimum absolute atomic E-state index is 0. The van der Waals surface area contributed by atoms with E-state index in [9.17, 15) is 9.90 Å². The minimum Gasteiger partial charge on any atom is -0.512 e. The van der Waals surface area contributed by atoms with Crippen molar-refractivity contribution < 1.29 is 30.0 Å². The molecule has 0 amide bonds. The maximum atomic E-state index is 11.2. The van der Waals surface area contributed by atoms with Gasteiger partial charge in [-0.3, -0.25) is 19.7 Å². The van der Waals surface area contributed by atoms with E-state index in [-0.39, 0.29) is 31.6 Å². The van der Waals surface area contributed by atoms with Gasteiger partial charge in [-0.1, -0.05) is 27.7 Å². The zero-order valence-electron chi connectivity index (χ0n) is 20.0. The number of hydrogen-bond acceptors (Lipinski definition) is 5. The molecule has 1 radical (unpaired) electrons. The van der Waals surface area contributed by atoms with E-state index in [0.29, 0.717) is 30.5 Å². The number of hydrogen-bond donors (Lipinski definition) is 1. The summed E-state index contributed by atoms with van der Waals surface area (Å²) in [6, 6.07) is 17.0. The van der Waals surface area contributed by atoms with Gasteiger partial charge in [-0.15, -0.1) is 35.9 Å². The number of aliphatic hydroxyl groups excluding tert-OH is 1. The molecule has 4 aromatic rings. The monoisotopic (exact) mass is 633 g/mol. The first-order valence-corrected chi connectivity index (χ1v) is 11.2. The van der Waals surface area contributed by atoms with Crippen molar-refractivity contribution in [3.8, 4) is 11.4 Å². The van der Waals surface area contributed by atoms with Crippen LogP contribution in [-0.2, 0) is 24.9 Å². The molecule has 0 aliphatic rings. The van der Waals surface area contributed by atoms with E-state index < -0.39 is 0 Å². The number of benzene rings is 2. The molecule has 0 atom stereocenters. The van der Waals surface area contributed by atoms with Crippen LogP contribution in [0.3, 0.4) is 0 Å². The van der Waals surface area contributed by atoms with E-state index in [1.807, 2.05) is 76.5 Å². The molecular formula is C28H30IrN3O2-. The van der Waals surface area contributed by atoms with Gasteiger partial charge in [0, 0.05) is 68.4 Å². The van der Waals surface area contributed by atoms with Gasteiger partial charge in [-0.2, -0.15) is 0 Å². The molecule has 4 rings (SSSR count). The number of pyridine rings is 1. The van der Waals surface area contributed by atoms with Gasteiger partial charge in [0.1, 0.15) is 0 Å². The summed E-state index contributed by atoms with van der Waals surface area (Å²) in [5.74, 6) is 1.67. The SMILES string of the molecule is CC(C)CC(=O)/C=C(\O)CC(C)C.[Ir].[c-]1ccccc1-c1ncc2cc3ccncc3cc2n1. The van der Waals surface area contributed by atoms with Crippen molar-refractivity contribution in [2.45, 2.75) is 40.5 Å². The van der Waals surface area contributed by atoms with Crippen LogP contribution < -0.4 is 0 Å². The molecule has 0 saturated carbocycles. The van der Waals surface area contributed by atoms with Crippen LogP contribution in [0.5, 0.6) is 0 Å². The van der Waals surface area contributed by atoms with Crippen LogP contribution in [0.2, 0.25) is 0 Å². The van der Waals surface area contributed by atoms with Crippen molar-refractivity contribution in [2.75, 3.05) is 0 Å². The number of nitrogens with zero attached hydrogens (tertiary/aromatic N) is 3. The molecule has 34 heavy (non-hydrogen) atoms. The van der Waals surface area contributed by atoms with E-state index in [2.05, 4.69) is 27.1 Å². The fraction of sp³-hybridized carbons (Fsp3) is 0.286. The van der Waals surface area contributed by atoms with Crippen LogP contribution in [0, 0.1) is 17.9 Å². The summed E-state index contributed by atoms with van der Waals surface area (Å²) in [4.78, 5) is 24.4. The molecule has 0 aliphatic carbocycles. The van der Waals surface area contributed by atoms with Gasteiger partial charge in [-0.25, -0.2) is 0 Å². The molecule has 0 saturated heterocycles. The van der Waals surface area contributed by atoms with Gasteiger partial charge in [0.15, 0.2) is 5.78 Å². The maximum Gasteiger partial charge on any atom is 0.159 e. The standard InChI is InChI=1S/C17H10N3.C11H20O2.Ir/c1-2-4-12(5-3-1)17-19-11-15-8-13-6-7-18-10-14(13)9-16(15)20-17;1-8(2)5-10(12)7-11(13)6-9(3)4;/h1-4,6-11H;7-9,12H,5-6H2,1-4H3;/q-1;;/b;10-7-;. The number of ketones is 1. The number of carbonyl (C=O) groups excluding carboxylic acids is 1. The molecular weight excluding hydrogens is 603 g/mol. The second-order valence-electron chi connectivity index (χ2n) is 8.90. The Morgan fingerprint density at radius 3 is 2.44 bits per heavy atom. The van der Waals surface area contributed by atoms with E-state index in [4.69, 9.17) is 0 Å². The first-order chi connectivity index (χ1) is 15.8. The van der Waals surface area contributed by atoms with Gasteiger partial charge >= 0.3 is 0 Å². The first-order valence-electron chi connectivity index (χ1n) is 11.2. The summed E-state index contributed by atoms with van der Waals surface area (Å²) in [6.45, 7) is 8.00. The predicted molar refractivity (Wildman–Crippen MR) is 134 cm³/mol. The maximum absolute atomic E-state index is 11.2. The van der Waals surface area contributed by atoms with E-state index in [0.717, 1.165) is 27.2 Å². The Morgan fingerprint density at radius 1 is 1.00 bits per heavy atom. The summed E-state index contributed by atoms with van der Waals surface area (Å²) >= 11 is 0. The molecule has 6 heteroatoms. The smallest absolute Gasteiger partial charge is 0.159 e. The quantitative estimate of drug-likeness (QED) is 0.110. The van der Waals surface area contributed by atoms with E-state index in [1.165, 1.54) is 6.08 Å². The van der Waals surface area contributed by atoms with Gasteiger partial charge < -0.3 is 5.11 Å². The average Bonchev–Trinajstić information content (AvgIpc) is 2.77. The molecule has 5 nitrogen and oxygen atoms in total. The Morgan fingerprint density at radius 2 is 1.76 bits per heavy atom. The Labute approximate surface area is 214 Å². The molecule has 0 spiro atoms. The number of fused-ring (bicyclic) bond motifs is 2. The van der Waals surface area contributed by atoms with Crippen molar-refractivity contribution in [1.82, 2.24) is 15.0 Å². The number of aromatic nitrogens is 3. The van der Waals surface area contributed by atoms with Crippen molar-refractivity contribution in [2.24, 2.45) is 11.8 Å². The molecule has 0 bridgehead atoms. The van der Waals surface area contributed by atoms with Crippen molar-refractivity contribution >= 4 is 27.5 Å². The van der Waals surface area contributed by atoms with E-state index >= 15 is 0 Å². The van der Waals surface area contributed by atoms with Gasteiger partial charge in [0.25, 0.3) is 0 Å². The molecule has 2 aromatic carbocycles. The summed E-state index contributed by atoms with van der Waals surface area (Å²) < 4.78 is 0. The average molecular weight is 633 g/mol. The van der Waals surface area contributed by atoms with Crippen LogP contribution in [0.25, 0.3) is 33.1 Å². The minimum atomic E-state index is 0. The predicted octanol–water partition coefficient (Wildman–Crippen LogP) is 6.73. The molecule has 0 fully saturated rings. The normalized spacial score (nSPS) is 11.3. The van der Waals surface area contributed by atoms with Crippen LogP contribution in [0.1, 0.15) is 40.5 Å². The number of allylic oxidation sites excluding steroid dienone is 2. The summed E-state index contributed by atoms with van der Waals surface area (Å²) in [7, 11) is 0. The summed E-state index contributed by atoms with van der Waals surface area (Å²) in [6.07, 6.45) is 7.97. The van der Waals surface area contributed by atoms with E-state index in [1.54, 1.807) is 6.20 Å². The third kappa shape index (κ3) is 8.12. The van der Waals surface area contributed by atoms with Crippen LogP contribution in [0.4, 0.5) is 0 Å². The van der Waals surface area contributed by atoms with Crippen molar-refractivity contribution in [3.05, 3.63) is 79.0 Å². The second-order valence-corrected chi connectivity index (χ2v) is 8.90. The zero-order valence-corrected chi connectivity index (χ0v) is 22.3. The summed E-state index contributed by atoms with van der Waals surface area (Å²) in [5, 5.41) is 12.6.